The third-order valence-electron chi connectivity index (χ3n) is 6.03. The molecular weight excluding hydrogens is 224 g/mol. The highest BCUT2D eigenvalue weighted by atomic mass is 16.2. The standard InChI is InChI=1S/C15H26N2O/c1-14(2)12(15(14,3)4)9-17-8-7-11(13(17)18)16-10-5-6-10/h10-12,16H,5-9H2,1-4H3. The van der Waals surface area contributed by atoms with Crippen LogP contribution in [0.2, 0.25) is 0 Å². The number of carbonyl (C=O) groups is 1. The van der Waals surface area contributed by atoms with E-state index in [4.69, 9.17) is 0 Å². The average Bonchev–Trinajstić information content (AvgIpc) is 3.11. The van der Waals surface area contributed by atoms with Gasteiger partial charge < -0.3 is 10.2 Å². The summed E-state index contributed by atoms with van der Waals surface area (Å²) in [6, 6.07) is 0.746. The maximum Gasteiger partial charge on any atom is 0.239 e. The van der Waals surface area contributed by atoms with E-state index in [1.807, 2.05) is 0 Å². The number of hydrogen-bond acceptors (Lipinski definition) is 2. The smallest absolute Gasteiger partial charge is 0.239 e. The summed E-state index contributed by atoms with van der Waals surface area (Å²) in [5.74, 6) is 1.01. The molecule has 2 saturated carbocycles. The Kier molecular flexibility index (Phi) is 2.58. The number of hydrogen-bond donors (Lipinski definition) is 1. The molecule has 0 aromatic rings. The lowest BCUT2D eigenvalue weighted by Gasteiger charge is -2.18. The fourth-order valence-electron chi connectivity index (χ4n) is 3.62. The van der Waals surface area contributed by atoms with Crippen molar-refractivity contribution in [1.82, 2.24) is 10.2 Å². The number of amides is 1. The molecule has 2 aliphatic carbocycles. The number of likely N-dealkylation sites (tertiary alicyclic amines) is 1. The van der Waals surface area contributed by atoms with Crippen molar-refractivity contribution in [2.45, 2.75) is 59.0 Å². The van der Waals surface area contributed by atoms with E-state index in [9.17, 15) is 4.79 Å². The van der Waals surface area contributed by atoms with Crippen LogP contribution in [0.4, 0.5) is 0 Å². The Balaban J connectivity index is 1.57. The minimum absolute atomic E-state index is 0.113. The van der Waals surface area contributed by atoms with Crippen LogP contribution >= 0.6 is 0 Å². The van der Waals surface area contributed by atoms with Gasteiger partial charge in [-0.1, -0.05) is 27.7 Å². The molecule has 1 amide bonds. The van der Waals surface area contributed by atoms with Gasteiger partial charge in [-0.3, -0.25) is 4.79 Å². The summed E-state index contributed by atoms with van der Waals surface area (Å²) in [5, 5.41) is 3.48. The number of nitrogens with one attached hydrogen (secondary N) is 1. The van der Waals surface area contributed by atoms with Gasteiger partial charge in [0.25, 0.3) is 0 Å². The molecule has 3 nitrogen and oxygen atoms in total. The molecule has 0 aromatic heterocycles. The van der Waals surface area contributed by atoms with Gasteiger partial charge in [0, 0.05) is 19.1 Å². The molecule has 1 saturated heterocycles. The van der Waals surface area contributed by atoms with Crippen molar-refractivity contribution in [2.75, 3.05) is 13.1 Å². The van der Waals surface area contributed by atoms with E-state index in [1.54, 1.807) is 0 Å². The third-order valence-corrected chi connectivity index (χ3v) is 6.03. The molecule has 1 aliphatic heterocycles. The first-order chi connectivity index (χ1) is 8.34. The molecule has 1 heterocycles. The molecule has 3 aliphatic rings. The summed E-state index contributed by atoms with van der Waals surface area (Å²) < 4.78 is 0. The number of nitrogens with zero attached hydrogens (tertiary/aromatic N) is 1. The van der Waals surface area contributed by atoms with Gasteiger partial charge in [0.15, 0.2) is 0 Å². The van der Waals surface area contributed by atoms with Crippen molar-refractivity contribution in [3.63, 3.8) is 0 Å². The summed E-state index contributed by atoms with van der Waals surface area (Å²) >= 11 is 0. The van der Waals surface area contributed by atoms with Crippen LogP contribution in [0.1, 0.15) is 47.0 Å². The Hall–Kier alpha value is -0.570. The molecule has 0 spiro atoms. The van der Waals surface area contributed by atoms with Crippen LogP contribution in [0.3, 0.4) is 0 Å². The van der Waals surface area contributed by atoms with E-state index in [2.05, 4.69) is 37.9 Å². The molecule has 18 heavy (non-hydrogen) atoms. The van der Waals surface area contributed by atoms with Crippen LogP contribution in [-0.2, 0) is 4.79 Å². The summed E-state index contributed by atoms with van der Waals surface area (Å²) in [7, 11) is 0. The molecule has 0 aromatic carbocycles. The lowest BCUT2D eigenvalue weighted by Crippen LogP contribution is -2.40. The second-order valence-corrected chi connectivity index (χ2v) is 7.56. The molecule has 1 atom stereocenters. The molecule has 1 N–H and O–H groups in total. The monoisotopic (exact) mass is 250 g/mol. The van der Waals surface area contributed by atoms with Gasteiger partial charge in [0.2, 0.25) is 5.91 Å². The molecular formula is C15H26N2O. The average molecular weight is 250 g/mol. The Morgan fingerprint density at radius 1 is 1.17 bits per heavy atom. The summed E-state index contributed by atoms with van der Waals surface area (Å²) in [6.07, 6.45) is 3.52. The van der Waals surface area contributed by atoms with Crippen LogP contribution in [0.15, 0.2) is 0 Å². The quantitative estimate of drug-likeness (QED) is 0.828. The van der Waals surface area contributed by atoms with E-state index < -0.39 is 0 Å². The Bertz CT molecular complexity index is 357. The predicted molar refractivity (Wildman–Crippen MR) is 72.2 cm³/mol. The second-order valence-electron chi connectivity index (χ2n) is 7.56. The first-order valence-electron chi connectivity index (χ1n) is 7.39. The largest absolute Gasteiger partial charge is 0.341 e. The zero-order chi connectivity index (χ0) is 13.1. The van der Waals surface area contributed by atoms with Gasteiger partial charge in [0.1, 0.15) is 0 Å². The lowest BCUT2D eigenvalue weighted by molar-refractivity contribution is -0.129. The Labute approximate surface area is 110 Å². The van der Waals surface area contributed by atoms with Crippen molar-refractivity contribution in [2.24, 2.45) is 16.7 Å². The summed E-state index contributed by atoms with van der Waals surface area (Å²) in [6.45, 7) is 11.2. The first-order valence-corrected chi connectivity index (χ1v) is 7.39. The summed E-state index contributed by atoms with van der Waals surface area (Å²) in [4.78, 5) is 14.4. The normalized spacial score (nSPS) is 34.1. The molecule has 0 radical (unpaired) electrons. The third kappa shape index (κ3) is 1.78. The van der Waals surface area contributed by atoms with Crippen molar-refractivity contribution < 1.29 is 4.79 Å². The van der Waals surface area contributed by atoms with Crippen LogP contribution in [0, 0.1) is 16.7 Å². The van der Waals surface area contributed by atoms with E-state index in [1.165, 1.54) is 12.8 Å². The molecule has 3 rings (SSSR count). The zero-order valence-electron chi connectivity index (χ0n) is 12.1. The Morgan fingerprint density at radius 3 is 2.28 bits per heavy atom. The highest BCUT2D eigenvalue weighted by molar-refractivity contribution is 5.84. The Morgan fingerprint density at radius 2 is 1.78 bits per heavy atom. The molecule has 3 fully saturated rings. The van der Waals surface area contributed by atoms with Crippen molar-refractivity contribution >= 4 is 5.91 Å². The van der Waals surface area contributed by atoms with Gasteiger partial charge in [-0.15, -0.1) is 0 Å². The van der Waals surface area contributed by atoms with Gasteiger partial charge in [-0.2, -0.15) is 0 Å². The van der Waals surface area contributed by atoms with Crippen molar-refractivity contribution in [1.29, 1.82) is 0 Å². The molecule has 3 heteroatoms. The fraction of sp³-hybridized carbons (Fsp3) is 0.933. The topological polar surface area (TPSA) is 32.3 Å². The van der Waals surface area contributed by atoms with Crippen LogP contribution in [-0.4, -0.2) is 36.0 Å². The molecule has 102 valence electrons. The predicted octanol–water partition coefficient (Wildman–Crippen LogP) is 2.02. The van der Waals surface area contributed by atoms with Crippen LogP contribution < -0.4 is 5.32 Å². The maximum absolute atomic E-state index is 12.3. The molecule has 1 unspecified atom stereocenters. The van der Waals surface area contributed by atoms with Crippen LogP contribution in [0.5, 0.6) is 0 Å². The van der Waals surface area contributed by atoms with E-state index in [0.29, 0.717) is 28.7 Å². The SMILES string of the molecule is CC1(C)C(CN2CCC(NC3CC3)C2=O)C1(C)C. The van der Waals surface area contributed by atoms with Gasteiger partial charge in [-0.25, -0.2) is 0 Å². The number of carbonyl (C=O) groups excluding carboxylic acids is 1. The maximum atomic E-state index is 12.3. The van der Waals surface area contributed by atoms with Crippen molar-refractivity contribution in [3.05, 3.63) is 0 Å². The minimum atomic E-state index is 0.113. The highest BCUT2D eigenvalue weighted by Crippen LogP contribution is 2.68. The summed E-state index contributed by atoms with van der Waals surface area (Å²) in [5.41, 5.74) is 0.768. The first kappa shape index (κ1) is 12.5. The van der Waals surface area contributed by atoms with E-state index >= 15 is 0 Å². The fourth-order valence-corrected chi connectivity index (χ4v) is 3.62. The second kappa shape index (κ2) is 3.72. The zero-order valence-corrected chi connectivity index (χ0v) is 12.1. The molecule has 0 bridgehead atoms. The van der Waals surface area contributed by atoms with Gasteiger partial charge in [-0.05, 0) is 36.0 Å². The van der Waals surface area contributed by atoms with E-state index in [-0.39, 0.29) is 6.04 Å². The lowest BCUT2D eigenvalue weighted by atomic mass is 10.0. The van der Waals surface area contributed by atoms with Gasteiger partial charge >= 0.3 is 0 Å². The van der Waals surface area contributed by atoms with Crippen LogP contribution in [0.25, 0.3) is 0 Å². The van der Waals surface area contributed by atoms with Crippen molar-refractivity contribution in [3.8, 4) is 0 Å². The van der Waals surface area contributed by atoms with E-state index in [0.717, 1.165) is 19.5 Å². The van der Waals surface area contributed by atoms with Gasteiger partial charge in [0.05, 0.1) is 6.04 Å². The highest BCUT2D eigenvalue weighted by Gasteiger charge is 2.65. The number of rotatable bonds is 4. The minimum Gasteiger partial charge on any atom is -0.341 e.